The molecule has 0 amide bonds. The highest BCUT2D eigenvalue weighted by Crippen LogP contribution is 2.52. The molecule has 10 nitrogen and oxygen atoms in total. The molecule has 0 bridgehead atoms. The van der Waals surface area contributed by atoms with Crippen LogP contribution in [0.1, 0.15) is 6.42 Å². The molecule has 4 rings (SSSR count). The molecule has 0 radical (unpaired) electrons. The van der Waals surface area contributed by atoms with Gasteiger partial charge < -0.3 is 20.7 Å². The van der Waals surface area contributed by atoms with E-state index in [0.29, 0.717) is 23.7 Å². The summed E-state index contributed by atoms with van der Waals surface area (Å²) >= 11 is 3.49. The van der Waals surface area contributed by atoms with Gasteiger partial charge in [-0.15, -0.1) is 0 Å². The third-order valence-electron chi connectivity index (χ3n) is 3.77. The number of nitrogens with zero attached hydrogens (tertiary/aromatic N) is 3. The Morgan fingerprint density at radius 1 is 1.50 bits per heavy atom. The number of rotatable bonds is 1. The number of hydrogen-bond donors (Lipinski definition) is 3. The largest absolute Gasteiger partial charge is 0.472 e. The fourth-order valence-corrected chi connectivity index (χ4v) is 4.45. The molecular weight excluding hydrogens is 381 g/mol. The highest BCUT2D eigenvalue weighted by atomic mass is 79.9. The first-order chi connectivity index (χ1) is 10.4. The van der Waals surface area contributed by atoms with Gasteiger partial charge in [0.1, 0.15) is 30.5 Å². The van der Waals surface area contributed by atoms with E-state index >= 15 is 0 Å². The van der Waals surface area contributed by atoms with Crippen molar-refractivity contribution in [1.82, 2.24) is 9.97 Å². The van der Waals surface area contributed by atoms with Crippen molar-refractivity contribution in [3.8, 4) is 0 Å². The number of aromatic nitrogens is 2. The van der Waals surface area contributed by atoms with Gasteiger partial charge in [-0.05, 0) is 15.9 Å². The van der Waals surface area contributed by atoms with Crippen molar-refractivity contribution in [3.63, 3.8) is 0 Å². The van der Waals surface area contributed by atoms with Gasteiger partial charge in [0.15, 0.2) is 16.7 Å². The zero-order valence-corrected chi connectivity index (χ0v) is 13.6. The minimum absolute atomic E-state index is 0.0158. The second-order valence-electron chi connectivity index (χ2n) is 5.12. The van der Waals surface area contributed by atoms with Crippen molar-refractivity contribution < 1.29 is 23.2 Å². The van der Waals surface area contributed by atoms with E-state index in [1.807, 2.05) is 4.90 Å². The minimum atomic E-state index is -3.98. The number of nitrogens with one attached hydrogen (secondary N) is 1. The second-order valence-corrected chi connectivity index (χ2v) is 7.39. The monoisotopic (exact) mass is 393 g/mol. The summed E-state index contributed by atoms with van der Waals surface area (Å²) in [6, 6.07) is 0. The standard InChI is InChI=1S/C10H13BrN5O5P/c11-10-15-7-8(12)13-3-14-9(7)16(10)6-1-4-5(20-6)2-19-22(17,18)21-4/h3-6,10,15H,1-2H2,(H,17,18)(H2,12,13,14)/t4-,5?,6+,10?/m0/s1. The van der Waals surface area contributed by atoms with Gasteiger partial charge in [0.25, 0.3) is 0 Å². The van der Waals surface area contributed by atoms with Gasteiger partial charge in [-0.1, -0.05) is 0 Å². The van der Waals surface area contributed by atoms with Gasteiger partial charge in [-0.25, -0.2) is 14.5 Å². The smallest absolute Gasteiger partial charge is 0.382 e. The number of phosphoric acid groups is 1. The number of alkyl halides is 1. The summed E-state index contributed by atoms with van der Waals surface area (Å²) in [5, 5.41) is 2.84. The van der Waals surface area contributed by atoms with Crippen molar-refractivity contribution in [3.05, 3.63) is 6.33 Å². The van der Waals surface area contributed by atoms with Crippen LogP contribution >= 0.6 is 23.8 Å². The fraction of sp³-hybridized carbons (Fsp3) is 0.600. The van der Waals surface area contributed by atoms with Gasteiger partial charge in [0, 0.05) is 6.42 Å². The Hall–Kier alpha value is -0.970. The predicted molar refractivity (Wildman–Crippen MR) is 79.2 cm³/mol. The van der Waals surface area contributed by atoms with E-state index < -0.39 is 26.3 Å². The minimum Gasteiger partial charge on any atom is -0.382 e. The van der Waals surface area contributed by atoms with Crippen LogP contribution in [0.15, 0.2) is 6.33 Å². The first kappa shape index (κ1) is 14.6. The molecule has 4 N–H and O–H groups in total. The Labute approximate surface area is 133 Å². The van der Waals surface area contributed by atoms with Gasteiger partial charge in [0.05, 0.1) is 6.61 Å². The highest BCUT2D eigenvalue weighted by Gasteiger charge is 2.49. The summed E-state index contributed by atoms with van der Waals surface area (Å²) in [5.41, 5.74) is 6.45. The summed E-state index contributed by atoms with van der Waals surface area (Å²) in [5.74, 6) is 0.943. The van der Waals surface area contributed by atoms with Crippen molar-refractivity contribution in [1.29, 1.82) is 0 Å². The molecule has 4 heterocycles. The lowest BCUT2D eigenvalue weighted by molar-refractivity contribution is -0.0523. The Balaban J connectivity index is 1.60. The van der Waals surface area contributed by atoms with Crippen LogP contribution in [0.25, 0.3) is 0 Å². The number of halogens is 1. The van der Waals surface area contributed by atoms with E-state index in [1.165, 1.54) is 6.33 Å². The normalized spacial score (nSPS) is 40.2. The van der Waals surface area contributed by atoms with Crippen LogP contribution in [-0.4, -0.2) is 45.0 Å². The van der Waals surface area contributed by atoms with Gasteiger partial charge in [-0.2, -0.15) is 0 Å². The second kappa shape index (κ2) is 5.02. The molecule has 12 heteroatoms. The molecule has 1 aromatic rings. The van der Waals surface area contributed by atoms with E-state index in [1.54, 1.807) is 0 Å². The molecule has 22 heavy (non-hydrogen) atoms. The van der Waals surface area contributed by atoms with E-state index in [0.717, 1.165) is 0 Å². The molecule has 3 unspecified atom stereocenters. The molecule has 0 saturated carbocycles. The molecule has 0 aliphatic carbocycles. The summed E-state index contributed by atoms with van der Waals surface area (Å²) in [7, 11) is -3.98. The van der Waals surface area contributed by atoms with Gasteiger partial charge in [-0.3, -0.25) is 13.9 Å². The summed E-state index contributed by atoms with van der Waals surface area (Å²) < 4.78 is 27.2. The number of hydrogen-bond acceptors (Lipinski definition) is 9. The maximum Gasteiger partial charge on any atom is 0.472 e. The molecule has 3 aliphatic heterocycles. The lowest BCUT2D eigenvalue weighted by Crippen LogP contribution is -2.40. The first-order valence-electron chi connectivity index (χ1n) is 6.55. The topological polar surface area (TPSA) is 132 Å². The van der Waals surface area contributed by atoms with Crippen molar-refractivity contribution in [2.45, 2.75) is 29.9 Å². The average Bonchev–Trinajstić information content (AvgIpc) is 2.98. The van der Waals surface area contributed by atoms with Crippen molar-refractivity contribution in [2.24, 2.45) is 0 Å². The Morgan fingerprint density at radius 3 is 3.14 bits per heavy atom. The lowest BCUT2D eigenvalue weighted by Gasteiger charge is -2.28. The van der Waals surface area contributed by atoms with Crippen LogP contribution in [0.5, 0.6) is 0 Å². The van der Waals surface area contributed by atoms with E-state index in [-0.39, 0.29) is 11.7 Å². The first-order valence-corrected chi connectivity index (χ1v) is 8.96. The summed E-state index contributed by atoms with van der Waals surface area (Å²) in [6.45, 7) is 0.0158. The number of anilines is 3. The number of nitrogens with two attached hydrogens (primary N) is 1. The molecule has 0 spiro atoms. The molecule has 2 fully saturated rings. The van der Waals surface area contributed by atoms with Gasteiger partial charge >= 0.3 is 7.82 Å². The Kier molecular flexibility index (Phi) is 3.33. The van der Waals surface area contributed by atoms with Crippen molar-refractivity contribution >= 4 is 41.1 Å². The van der Waals surface area contributed by atoms with Crippen LogP contribution in [0.3, 0.4) is 0 Å². The van der Waals surface area contributed by atoms with Gasteiger partial charge in [0.2, 0.25) is 0 Å². The number of phosphoric ester groups is 1. The van der Waals surface area contributed by atoms with Crippen LogP contribution in [0.4, 0.5) is 17.3 Å². The maximum absolute atomic E-state index is 11.5. The van der Waals surface area contributed by atoms with E-state index in [4.69, 9.17) is 19.5 Å². The zero-order chi connectivity index (χ0) is 15.5. The predicted octanol–water partition coefficient (Wildman–Crippen LogP) is 0.600. The molecular formula is C10H13BrN5O5P. The third kappa shape index (κ3) is 2.29. The van der Waals surface area contributed by atoms with E-state index in [2.05, 4.69) is 31.2 Å². The SMILES string of the molecule is Nc1ncnc2c1NC(Br)N2[C@H]1C[C@@H]2OP(=O)(O)OCC2O1. The maximum atomic E-state index is 11.5. The quantitative estimate of drug-likeness (QED) is 0.353. The average molecular weight is 394 g/mol. The summed E-state index contributed by atoms with van der Waals surface area (Å²) in [4.78, 5) is 19.4. The molecule has 5 atom stereocenters. The van der Waals surface area contributed by atoms with Crippen LogP contribution < -0.4 is 16.0 Å². The highest BCUT2D eigenvalue weighted by molar-refractivity contribution is 9.09. The number of ether oxygens (including phenoxy) is 1. The molecule has 2 saturated heterocycles. The molecule has 3 aliphatic rings. The molecule has 0 aromatic carbocycles. The van der Waals surface area contributed by atoms with Crippen LogP contribution in [0, 0.1) is 0 Å². The summed E-state index contributed by atoms with van der Waals surface area (Å²) in [6.07, 6.45) is 0.479. The van der Waals surface area contributed by atoms with Crippen LogP contribution in [-0.2, 0) is 18.3 Å². The molecule has 120 valence electrons. The van der Waals surface area contributed by atoms with Crippen molar-refractivity contribution in [2.75, 3.05) is 22.6 Å². The number of nitrogen functional groups attached to an aromatic ring is 1. The zero-order valence-electron chi connectivity index (χ0n) is 11.1. The third-order valence-corrected chi connectivity index (χ3v) is 5.45. The van der Waals surface area contributed by atoms with Crippen LogP contribution in [0.2, 0.25) is 0 Å². The Morgan fingerprint density at radius 2 is 2.32 bits per heavy atom. The fourth-order valence-electron chi connectivity index (χ4n) is 2.80. The number of fused-ring (bicyclic) bond motifs is 2. The van der Waals surface area contributed by atoms with E-state index in [9.17, 15) is 9.46 Å². The Bertz CT molecular complexity index is 665. The molecule has 1 aromatic heterocycles. The lowest BCUT2D eigenvalue weighted by atomic mass is 10.2.